The maximum absolute atomic E-state index is 13.0. The smallest absolute Gasteiger partial charge is 0.320 e. The predicted molar refractivity (Wildman–Crippen MR) is 81.2 cm³/mol. The fraction of sp³-hybridized carbons (Fsp3) is 0.500. The van der Waals surface area contributed by atoms with Gasteiger partial charge < -0.3 is 19.4 Å². The molecular formula is C16H20FN3O3. The van der Waals surface area contributed by atoms with Gasteiger partial charge >= 0.3 is 6.03 Å². The summed E-state index contributed by atoms with van der Waals surface area (Å²) in [6.45, 7) is 2.71. The number of ether oxygens (including phenoxy) is 1. The van der Waals surface area contributed by atoms with Crippen LogP contribution in [0.25, 0.3) is 0 Å². The molecule has 0 radical (unpaired) electrons. The number of piperazine rings is 1. The fourth-order valence-corrected chi connectivity index (χ4v) is 3.16. The summed E-state index contributed by atoms with van der Waals surface area (Å²) in [7, 11) is 1.50. The van der Waals surface area contributed by atoms with Crippen molar-refractivity contribution in [1.82, 2.24) is 14.7 Å². The Morgan fingerprint density at radius 1 is 1.26 bits per heavy atom. The van der Waals surface area contributed by atoms with Crippen LogP contribution >= 0.6 is 0 Å². The van der Waals surface area contributed by atoms with E-state index >= 15 is 0 Å². The van der Waals surface area contributed by atoms with E-state index in [2.05, 4.69) is 0 Å². The first-order chi connectivity index (χ1) is 11.1. The van der Waals surface area contributed by atoms with E-state index in [4.69, 9.17) is 4.74 Å². The number of carbonyl (C=O) groups excluding carboxylic acids is 2. The second-order valence-corrected chi connectivity index (χ2v) is 5.91. The number of carbonyl (C=O) groups is 2. The molecule has 2 saturated heterocycles. The quantitative estimate of drug-likeness (QED) is 0.829. The molecule has 1 atom stereocenters. The highest BCUT2D eigenvalue weighted by Crippen LogP contribution is 2.22. The summed E-state index contributed by atoms with van der Waals surface area (Å²) in [4.78, 5) is 29.7. The van der Waals surface area contributed by atoms with Crippen molar-refractivity contribution in [1.29, 1.82) is 0 Å². The van der Waals surface area contributed by atoms with Crippen molar-refractivity contribution in [2.45, 2.75) is 12.6 Å². The average Bonchev–Trinajstić information content (AvgIpc) is 2.85. The van der Waals surface area contributed by atoms with E-state index in [1.165, 1.54) is 19.2 Å². The zero-order valence-corrected chi connectivity index (χ0v) is 13.1. The zero-order valence-electron chi connectivity index (χ0n) is 13.1. The van der Waals surface area contributed by atoms with E-state index < -0.39 is 0 Å². The van der Waals surface area contributed by atoms with Crippen LogP contribution in [-0.4, -0.2) is 72.6 Å². The first-order valence-electron chi connectivity index (χ1n) is 7.65. The van der Waals surface area contributed by atoms with Crippen LogP contribution in [0.2, 0.25) is 0 Å². The van der Waals surface area contributed by atoms with Crippen molar-refractivity contribution in [3.05, 3.63) is 35.6 Å². The molecule has 0 saturated carbocycles. The third-order valence-corrected chi connectivity index (χ3v) is 4.34. The van der Waals surface area contributed by atoms with E-state index in [0.29, 0.717) is 32.7 Å². The molecule has 23 heavy (non-hydrogen) atoms. The minimum absolute atomic E-state index is 0.0116. The summed E-state index contributed by atoms with van der Waals surface area (Å²) in [6, 6.07) is 6.17. The number of urea groups is 1. The lowest BCUT2D eigenvalue weighted by atomic mass is 10.2. The van der Waals surface area contributed by atoms with Crippen molar-refractivity contribution >= 4 is 11.9 Å². The standard InChI is InChI=1S/C16H20FN3O3/c1-23-11-15(21)18-6-7-20-14(9-18)10-19(16(20)22)8-12-2-4-13(17)5-3-12/h2-5,14H,6-11H2,1H3/t14-/m1/s1. The summed E-state index contributed by atoms with van der Waals surface area (Å²) in [5.74, 6) is -0.331. The maximum Gasteiger partial charge on any atom is 0.320 e. The van der Waals surface area contributed by atoms with Crippen molar-refractivity contribution < 1.29 is 18.7 Å². The van der Waals surface area contributed by atoms with Gasteiger partial charge in [0.1, 0.15) is 12.4 Å². The average molecular weight is 321 g/mol. The number of amides is 3. The third kappa shape index (κ3) is 3.29. The number of fused-ring (bicyclic) bond motifs is 1. The van der Waals surface area contributed by atoms with Gasteiger partial charge in [0.05, 0.1) is 6.04 Å². The number of hydrogen-bond acceptors (Lipinski definition) is 3. The van der Waals surface area contributed by atoms with Crippen molar-refractivity contribution in [2.75, 3.05) is 39.9 Å². The van der Waals surface area contributed by atoms with Crippen LogP contribution < -0.4 is 0 Å². The van der Waals surface area contributed by atoms with Crippen LogP contribution in [0, 0.1) is 5.82 Å². The van der Waals surface area contributed by atoms with Crippen LogP contribution in [0.4, 0.5) is 9.18 Å². The summed E-state index contributed by atoms with van der Waals surface area (Å²) in [5, 5.41) is 0. The summed E-state index contributed by atoms with van der Waals surface area (Å²) < 4.78 is 17.8. The molecule has 2 aliphatic heterocycles. The predicted octanol–water partition coefficient (Wildman–Crippen LogP) is 0.920. The third-order valence-electron chi connectivity index (χ3n) is 4.34. The topological polar surface area (TPSA) is 53.1 Å². The van der Waals surface area contributed by atoms with Gasteiger partial charge in [-0.3, -0.25) is 4.79 Å². The van der Waals surface area contributed by atoms with Crippen LogP contribution in [-0.2, 0) is 16.1 Å². The Hall–Kier alpha value is -2.15. The first-order valence-corrected chi connectivity index (χ1v) is 7.65. The number of methoxy groups -OCH3 is 1. The highest BCUT2D eigenvalue weighted by Gasteiger charge is 2.41. The van der Waals surface area contributed by atoms with Crippen LogP contribution in [0.1, 0.15) is 5.56 Å². The molecule has 2 heterocycles. The van der Waals surface area contributed by atoms with Gasteiger partial charge in [-0.1, -0.05) is 12.1 Å². The lowest BCUT2D eigenvalue weighted by Gasteiger charge is -2.36. The number of halogens is 1. The van der Waals surface area contributed by atoms with Crippen molar-refractivity contribution in [3.63, 3.8) is 0 Å². The molecule has 3 amide bonds. The SMILES string of the molecule is COCC(=O)N1CCN2C(=O)N(Cc3ccc(F)cc3)C[C@H]2C1. The van der Waals surface area contributed by atoms with Gasteiger partial charge in [-0.2, -0.15) is 0 Å². The van der Waals surface area contributed by atoms with Gasteiger partial charge in [0.15, 0.2) is 0 Å². The molecule has 2 fully saturated rings. The van der Waals surface area contributed by atoms with Crippen LogP contribution in [0.5, 0.6) is 0 Å². The molecule has 3 rings (SSSR count). The maximum atomic E-state index is 13.0. The van der Waals surface area contributed by atoms with E-state index in [0.717, 1.165) is 5.56 Å². The van der Waals surface area contributed by atoms with Crippen LogP contribution in [0.15, 0.2) is 24.3 Å². The van der Waals surface area contributed by atoms with Gasteiger partial charge in [0.25, 0.3) is 0 Å². The fourth-order valence-electron chi connectivity index (χ4n) is 3.16. The zero-order chi connectivity index (χ0) is 16.4. The molecule has 0 spiro atoms. The molecular weight excluding hydrogens is 301 g/mol. The molecule has 0 aromatic heterocycles. The Bertz CT molecular complexity index is 593. The molecule has 0 N–H and O–H groups in total. The molecule has 7 heteroatoms. The van der Waals surface area contributed by atoms with Gasteiger partial charge in [-0.15, -0.1) is 0 Å². The largest absolute Gasteiger partial charge is 0.375 e. The van der Waals surface area contributed by atoms with Crippen molar-refractivity contribution in [2.24, 2.45) is 0 Å². The number of hydrogen-bond donors (Lipinski definition) is 0. The van der Waals surface area contributed by atoms with E-state index in [-0.39, 0.29) is 30.4 Å². The van der Waals surface area contributed by atoms with E-state index in [9.17, 15) is 14.0 Å². The first kappa shape index (κ1) is 15.7. The molecule has 0 bridgehead atoms. The lowest BCUT2D eigenvalue weighted by molar-refractivity contribution is -0.137. The molecule has 2 aliphatic rings. The van der Waals surface area contributed by atoms with Gasteiger partial charge in [0.2, 0.25) is 5.91 Å². The molecule has 0 aliphatic carbocycles. The molecule has 124 valence electrons. The summed E-state index contributed by atoms with van der Waals surface area (Å²) >= 11 is 0. The number of benzene rings is 1. The number of rotatable bonds is 4. The van der Waals surface area contributed by atoms with E-state index in [1.54, 1.807) is 21.9 Å². The number of nitrogens with zero attached hydrogens (tertiary/aromatic N) is 3. The van der Waals surface area contributed by atoms with Gasteiger partial charge in [-0.05, 0) is 17.7 Å². The highest BCUT2D eigenvalue weighted by molar-refractivity contribution is 5.80. The van der Waals surface area contributed by atoms with Gasteiger partial charge in [0, 0.05) is 39.8 Å². The monoisotopic (exact) mass is 321 g/mol. The second kappa shape index (κ2) is 6.54. The molecule has 6 nitrogen and oxygen atoms in total. The Balaban J connectivity index is 1.63. The van der Waals surface area contributed by atoms with E-state index in [1.807, 2.05) is 4.90 Å². The minimum atomic E-state index is -0.286. The Morgan fingerprint density at radius 2 is 2.00 bits per heavy atom. The Labute approximate surface area is 134 Å². The normalized spacial score (nSPS) is 20.9. The summed E-state index contributed by atoms with van der Waals surface area (Å²) in [5.41, 5.74) is 0.895. The second-order valence-electron chi connectivity index (χ2n) is 5.91. The minimum Gasteiger partial charge on any atom is -0.375 e. The molecule has 0 unspecified atom stereocenters. The summed E-state index contributed by atoms with van der Waals surface area (Å²) in [6.07, 6.45) is 0. The van der Waals surface area contributed by atoms with Crippen molar-refractivity contribution in [3.8, 4) is 0 Å². The highest BCUT2D eigenvalue weighted by atomic mass is 19.1. The molecule has 1 aromatic rings. The van der Waals surface area contributed by atoms with Crippen LogP contribution in [0.3, 0.4) is 0 Å². The lowest BCUT2D eigenvalue weighted by Crippen LogP contribution is -2.54. The molecule has 1 aromatic carbocycles. The Morgan fingerprint density at radius 3 is 2.70 bits per heavy atom. The Kier molecular flexibility index (Phi) is 4.47. The van der Waals surface area contributed by atoms with Gasteiger partial charge in [-0.25, -0.2) is 9.18 Å².